The Morgan fingerprint density at radius 1 is 1.03 bits per heavy atom. The topological polar surface area (TPSA) is 68.5 Å². The van der Waals surface area contributed by atoms with Crippen LogP contribution in [-0.4, -0.2) is 40.8 Å². The minimum absolute atomic E-state index is 0.0334. The van der Waals surface area contributed by atoms with Gasteiger partial charge in [0.25, 0.3) is 5.91 Å². The lowest BCUT2D eigenvalue weighted by atomic mass is 10.0. The highest BCUT2D eigenvalue weighted by Gasteiger charge is 2.37. The molecule has 0 aliphatic heterocycles. The Balaban J connectivity index is 2.04. The van der Waals surface area contributed by atoms with Gasteiger partial charge in [0.15, 0.2) is 11.5 Å². The van der Waals surface area contributed by atoms with Crippen molar-refractivity contribution < 1.29 is 35.9 Å². The third-order valence-corrected chi connectivity index (χ3v) is 4.32. The molecule has 1 aromatic carbocycles. The highest BCUT2D eigenvalue weighted by molar-refractivity contribution is 5.94. The Labute approximate surface area is 171 Å². The first-order valence-electron chi connectivity index (χ1n) is 8.92. The van der Waals surface area contributed by atoms with Crippen LogP contribution in [0.15, 0.2) is 36.5 Å². The lowest BCUT2D eigenvalue weighted by Crippen LogP contribution is -2.25. The van der Waals surface area contributed by atoms with E-state index < -0.39 is 35.0 Å². The van der Waals surface area contributed by atoms with Crippen LogP contribution in [-0.2, 0) is 17.1 Å². The third-order valence-electron chi connectivity index (χ3n) is 4.32. The van der Waals surface area contributed by atoms with E-state index in [2.05, 4.69) is 15.5 Å². The first-order chi connectivity index (χ1) is 14.5. The summed E-state index contributed by atoms with van der Waals surface area (Å²) in [6.07, 6.45) is -8.18. The van der Waals surface area contributed by atoms with Crippen LogP contribution in [0.5, 0.6) is 0 Å². The molecule has 2 heterocycles. The molecule has 1 amide bonds. The molecule has 0 saturated carbocycles. The van der Waals surface area contributed by atoms with E-state index in [-0.39, 0.29) is 23.1 Å². The molecular weight excluding hydrogens is 430 g/mol. The number of nitrogens with zero attached hydrogens (tertiary/aromatic N) is 3. The molecule has 0 spiro atoms. The van der Waals surface area contributed by atoms with E-state index in [1.54, 1.807) is 0 Å². The molecule has 0 fully saturated rings. The van der Waals surface area contributed by atoms with Crippen LogP contribution in [0, 0.1) is 0 Å². The summed E-state index contributed by atoms with van der Waals surface area (Å²) in [4.78, 5) is 12.3. The maximum atomic E-state index is 13.2. The lowest BCUT2D eigenvalue weighted by Gasteiger charge is -2.13. The molecule has 1 N–H and O–H groups in total. The van der Waals surface area contributed by atoms with Gasteiger partial charge < -0.3 is 10.1 Å². The van der Waals surface area contributed by atoms with Crippen LogP contribution in [0.3, 0.4) is 0 Å². The van der Waals surface area contributed by atoms with Crippen LogP contribution >= 0.6 is 0 Å². The monoisotopic (exact) mass is 446 g/mol. The molecule has 0 unspecified atom stereocenters. The Morgan fingerprint density at radius 3 is 2.26 bits per heavy atom. The average molecular weight is 446 g/mol. The van der Waals surface area contributed by atoms with E-state index >= 15 is 0 Å². The molecule has 0 saturated heterocycles. The zero-order valence-corrected chi connectivity index (χ0v) is 16.0. The van der Waals surface area contributed by atoms with Gasteiger partial charge in [0.1, 0.15) is 0 Å². The Hall–Kier alpha value is -3.15. The Morgan fingerprint density at radius 2 is 1.68 bits per heavy atom. The van der Waals surface area contributed by atoms with Crippen molar-refractivity contribution in [2.45, 2.75) is 18.8 Å². The number of alkyl halides is 6. The maximum absolute atomic E-state index is 13.2. The Kier molecular flexibility index (Phi) is 6.20. The lowest BCUT2D eigenvalue weighted by molar-refractivity contribution is -0.143. The van der Waals surface area contributed by atoms with Gasteiger partial charge in [-0.15, -0.1) is 10.2 Å². The average Bonchev–Trinajstić information content (AvgIpc) is 3.12. The zero-order valence-electron chi connectivity index (χ0n) is 16.0. The van der Waals surface area contributed by atoms with Gasteiger partial charge in [-0.2, -0.15) is 26.3 Å². The number of rotatable bonds is 6. The van der Waals surface area contributed by atoms with Gasteiger partial charge in [-0.1, -0.05) is 0 Å². The zero-order chi connectivity index (χ0) is 22.8. The predicted octanol–water partition coefficient (Wildman–Crippen LogP) is 4.20. The van der Waals surface area contributed by atoms with Gasteiger partial charge in [0, 0.05) is 32.0 Å². The highest BCUT2D eigenvalue weighted by atomic mass is 19.4. The van der Waals surface area contributed by atoms with Gasteiger partial charge in [-0.05, 0) is 36.8 Å². The summed E-state index contributed by atoms with van der Waals surface area (Å²) >= 11 is 0. The van der Waals surface area contributed by atoms with Crippen molar-refractivity contribution in [2.24, 2.45) is 0 Å². The highest BCUT2D eigenvalue weighted by Crippen LogP contribution is 2.38. The summed E-state index contributed by atoms with van der Waals surface area (Å²) in [5.41, 5.74) is -3.10. The number of pyridine rings is 1. The number of benzene rings is 1. The molecule has 12 heteroatoms. The molecule has 0 radical (unpaired) electrons. The number of aromatic nitrogens is 3. The number of carbonyl (C=O) groups is 1. The van der Waals surface area contributed by atoms with Crippen LogP contribution in [0.1, 0.15) is 27.9 Å². The minimum atomic E-state index is -5.00. The van der Waals surface area contributed by atoms with E-state index in [4.69, 9.17) is 4.74 Å². The van der Waals surface area contributed by atoms with E-state index in [9.17, 15) is 31.1 Å². The van der Waals surface area contributed by atoms with Crippen molar-refractivity contribution in [1.29, 1.82) is 0 Å². The largest absolute Gasteiger partial charge is 0.416 e. The number of amides is 1. The normalized spacial score (nSPS) is 12.4. The van der Waals surface area contributed by atoms with Crippen molar-refractivity contribution in [3.8, 4) is 11.4 Å². The first-order valence-corrected chi connectivity index (χ1v) is 8.92. The second kappa shape index (κ2) is 8.53. The van der Waals surface area contributed by atoms with E-state index in [0.29, 0.717) is 31.7 Å². The van der Waals surface area contributed by atoms with Crippen molar-refractivity contribution in [3.05, 3.63) is 53.2 Å². The van der Waals surface area contributed by atoms with Crippen molar-refractivity contribution >= 4 is 11.6 Å². The molecular formula is C19H16F6N4O2. The minimum Gasteiger partial charge on any atom is -0.385 e. The molecule has 0 aliphatic rings. The number of fused-ring (bicyclic) bond motifs is 1. The number of ether oxygens (including phenoxy) is 1. The fraction of sp³-hybridized carbons (Fsp3) is 0.316. The second-order valence-corrected chi connectivity index (χ2v) is 6.57. The molecule has 2 aromatic heterocycles. The fourth-order valence-electron chi connectivity index (χ4n) is 2.83. The van der Waals surface area contributed by atoms with Crippen LogP contribution in [0.25, 0.3) is 17.0 Å². The van der Waals surface area contributed by atoms with Gasteiger partial charge in [0.05, 0.1) is 16.7 Å². The summed E-state index contributed by atoms with van der Waals surface area (Å²) in [6, 6.07) is 3.96. The van der Waals surface area contributed by atoms with Gasteiger partial charge in [-0.3, -0.25) is 9.20 Å². The summed E-state index contributed by atoms with van der Waals surface area (Å²) < 4.78 is 85.0. The molecule has 31 heavy (non-hydrogen) atoms. The molecule has 0 aliphatic carbocycles. The van der Waals surface area contributed by atoms with Crippen molar-refractivity contribution in [2.75, 3.05) is 20.3 Å². The number of hydrogen-bond donors (Lipinski definition) is 1. The van der Waals surface area contributed by atoms with Gasteiger partial charge in [0.2, 0.25) is 0 Å². The molecule has 6 nitrogen and oxygen atoms in total. The van der Waals surface area contributed by atoms with Crippen molar-refractivity contribution in [3.63, 3.8) is 0 Å². The van der Waals surface area contributed by atoms with E-state index in [0.717, 1.165) is 0 Å². The number of hydrogen-bond acceptors (Lipinski definition) is 4. The summed E-state index contributed by atoms with van der Waals surface area (Å²) in [5.74, 6) is -0.738. The number of nitrogens with one attached hydrogen (secondary N) is 1. The summed E-state index contributed by atoms with van der Waals surface area (Å²) in [6.45, 7) is 0.758. The van der Waals surface area contributed by atoms with Crippen LogP contribution < -0.4 is 5.32 Å². The maximum Gasteiger partial charge on any atom is 0.416 e. The SMILES string of the molecule is COCCCNC(=O)c1ccc2nnc(-c3cc(C(F)(F)F)cc(C(F)(F)F)c3)n2c1. The smallest absolute Gasteiger partial charge is 0.385 e. The van der Waals surface area contributed by atoms with Crippen LogP contribution in [0.2, 0.25) is 0 Å². The van der Waals surface area contributed by atoms with Crippen LogP contribution in [0.4, 0.5) is 26.3 Å². The van der Waals surface area contributed by atoms with E-state index in [1.807, 2.05) is 0 Å². The molecule has 3 aromatic rings. The molecule has 0 atom stereocenters. The predicted molar refractivity (Wildman–Crippen MR) is 97.3 cm³/mol. The first kappa shape index (κ1) is 22.5. The molecule has 3 rings (SSSR count). The molecule has 0 bridgehead atoms. The number of carbonyl (C=O) groups excluding carboxylic acids is 1. The third kappa shape index (κ3) is 5.13. The summed E-state index contributed by atoms with van der Waals surface area (Å²) in [5, 5.41) is 10.1. The van der Waals surface area contributed by atoms with Crippen molar-refractivity contribution in [1.82, 2.24) is 19.9 Å². The standard InChI is InChI=1S/C19H16F6N4O2/c1-31-6-2-5-26-17(30)11-3-4-15-27-28-16(29(15)10-11)12-7-13(18(20,21)22)9-14(8-12)19(23,24)25/h3-4,7-10H,2,5-6H2,1H3,(H,26,30). The number of methoxy groups -OCH3 is 1. The fourth-order valence-corrected chi connectivity index (χ4v) is 2.83. The van der Waals surface area contributed by atoms with Gasteiger partial charge in [-0.25, -0.2) is 0 Å². The van der Waals surface area contributed by atoms with E-state index in [1.165, 1.54) is 29.8 Å². The number of halogens is 6. The second-order valence-electron chi connectivity index (χ2n) is 6.57. The molecule has 166 valence electrons. The Bertz CT molecular complexity index is 1060. The summed E-state index contributed by atoms with van der Waals surface area (Å²) in [7, 11) is 1.52. The van der Waals surface area contributed by atoms with Gasteiger partial charge >= 0.3 is 12.4 Å². The quantitative estimate of drug-likeness (QED) is 0.455.